The molecule has 4 rings (SSSR count). The van der Waals surface area contributed by atoms with Crippen molar-refractivity contribution in [2.75, 3.05) is 0 Å². The fourth-order valence-electron chi connectivity index (χ4n) is 3.91. The lowest BCUT2D eigenvalue weighted by Crippen LogP contribution is -2.07. The third-order valence-electron chi connectivity index (χ3n) is 4.88. The molecular formula is C20H20F2N2. The van der Waals surface area contributed by atoms with Crippen LogP contribution >= 0.6 is 0 Å². The molecular weight excluding hydrogens is 306 g/mol. The van der Waals surface area contributed by atoms with Crippen molar-refractivity contribution in [3.8, 4) is 17.5 Å². The van der Waals surface area contributed by atoms with Gasteiger partial charge in [0.25, 0.3) is 0 Å². The van der Waals surface area contributed by atoms with Gasteiger partial charge in [-0.3, -0.25) is 0 Å². The smallest absolute Gasteiger partial charge is 0.151 e. The molecule has 2 bridgehead atoms. The predicted octanol–water partition coefficient (Wildman–Crippen LogP) is 4.91. The third-order valence-corrected chi connectivity index (χ3v) is 4.88. The van der Waals surface area contributed by atoms with E-state index in [1.54, 1.807) is 4.68 Å². The Morgan fingerprint density at radius 3 is 2.62 bits per heavy atom. The maximum atomic E-state index is 14.3. The molecule has 1 aromatic heterocycles. The lowest BCUT2D eigenvalue weighted by atomic mass is 9.94. The van der Waals surface area contributed by atoms with Gasteiger partial charge in [0.2, 0.25) is 0 Å². The van der Waals surface area contributed by atoms with E-state index >= 15 is 0 Å². The predicted molar refractivity (Wildman–Crippen MR) is 89.1 cm³/mol. The van der Waals surface area contributed by atoms with E-state index in [1.165, 1.54) is 17.7 Å². The van der Waals surface area contributed by atoms with E-state index in [2.05, 4.69) is 37.7 Å². The number of nitrogens with zero attached hydrogens (tertiary/aromatic N) is 2. The second-order valence-electron chi connectivity index (χ2n) is 7.86. The summed E-state index contributed by atoms with van der Waals surface area (Å²) in [5.41, 5.74) is 3.22. The van der Waals surface area contributed by atoms with E-state index in [0.29, 0.717) is 17.5 Å². The summed E-state index contributed by atoms with van der Waals surface area (Å²) in [6, 6.07) is 3.65. The summed E-state index contributed by atoms with van der Waals surface area (Å²) in [5.74, 6) is 6.18. The molecule has 4 heteroatoms. The first kappa shape index (κ1) is 15.4. The van der Waals surface area contributed by atoms with Gasteiger partial charge in [-0.25, -0.2) is 13.5 Å². The Morgan fingerprint density at radius 2 is 1.92 bits per heavy atom. The minimum atomic E-state index is -0.585. The van der Waals surface area contributed by atoms with Crippen molar-refractivity contribution in [3.05, 3.63) is 46.8 Å². The molecule has 0 spiro atoms. The normalized spacial score (nSPS) is 21.5. The molecule has 24 heavy (non-hydrogen) atoms. The summed E-state index contributed by atoms with van der Waals surface area (Å²) in [4.78, 5) is 0. The van der Waals surface area contributed by atoms with E-state index in [0.717, 1.165) is 36.7 Å². The number of benzene rings is 1. The number of rotatable bonds is 1. The van der Waals surface area contributed by atoms with Crippen LogP contribution in [0.5, 0.6) is 0 Å². The molecule has 2 aliphatic carbocycles. The van der Waals surface area contributed by atoms with Crippen LogP contribution in [0.3, 0.4) is 0 Å². The van der Waals surface area contributed by atoms with Crippen molar-refractivity contribution in [2.24, 2.45) is 5.41 Å². The molecule has 0 N–H and O–H groups in total. The van der Waals surface area contributed by atoms with Crippen LogP contribution in [0.25, 0.3) is 5.69 Å². The maximum absolute atomic E-state index is 14.3. The molecule has 0 radical (unpaired) electrons. The molecule has 1 heterocycles. The summed E-state index contributed by atoms with van der Waals surface area (Å²) in [5, 5.41) is 4.62. The summed E-state index contributed by atoms with van der Waals surface area (Å²) < 4.78 is 29.2. The van der Waals surface area contributed by atoms with Crippen LogP contribution in [0.4, 0.5) is 8.78 Å². The van der Waals surface area contributed by atoms with Crippen LogP contribution in [0.2, 0.25) is 0 Å². The zero-order valence-corrected chi connectivity index (χ0v) is 14.2. The van der Waals surface area contributed by atoms with Crippen molar-refractivity contribution in [1.29, 1.82) is 0 Å². The van der Waals surface area contributed by atoms with E-state index in [4.69, 9.17) is 0 Å². The molecule has 2 atom stereocenters. The first-order valence-corrected chi connectivity index (χ1v) is 8.45. The largest absolute Gasteiger partial charge is 0.233 e. The van der Waals surface area contributed by atoms with Gasteiger partial charge in [-0.15, -0.1) is 0 Å². The fourth-order valence-corrected chi connectivity index (χ4v) is 3.91. The molecule has 0 amide bonds. The standard InChI is InChI=1S/C20H20F2N2/c1-20(2,3)9-8-16-18-12-4-5-13(10-12)19(18)24(23-16)17-7-6-14(21)11-15(17)22/h6-7,11-13H,4-5,10H2,1-3H3/t12-,13+/m0/s1. The topological polar surface area (TPSA) is 17.8 Å². The summed E-state index contributed by atoms with van der Waals surface area (Å²) in [6.07, 6.45) is 3.36. The summed E-state index contributed by atoms with van der Waals surface area (Å²) >= 11 is 0. The van der Waals surface area contributed by atoms with Gasteiger partial charge in [0.1, 0.15) is 17.2 Å². The van der Waals surface area contributed by atoms with Gasteiger partial charge < -0.3 is 0 Å². The Labute approximate surface area is 140 Å². The second kappa shape index (κ2) is 5.17. The summed E-state index contributed by atoms with van der Waals surface area (Å²) in [6.45, 7) is 6.18. The Bertz CT molecular complexity index is 878. The molecule has 1 aromatic carbocycles. The number of hydrogen-bond acceptors (Lipinski definition) is 1. The van der Waals surface area contributed by atoms with E-state index in [-0.39, 0.29) is 5.41 Å². The van der Waals surface area contributed by atoms with Gasteiger partial charge in [-0.1, -0.05) is 5.92 Å². The average Bonchev–Trinajstić information content (AvgIpc) is 3.16. The minimum absolute atomic E-state index is 0.116. The van der Waals surface area contributed by atoms with E-state index in [9.17, 15) is 8.78 Å². The van der Waals surface area contributed by atoms with Crippen LogP contribution < -0.4 is 0 Å². The summed E-state index contributed by atoms with van der Waals surface area (Å²) in [7, 11) is 0. The van der Waals surface area contributed by atoms with Crippen molar-refractivity contribution >= 4 is 0 Å². The first-order valence-electron chi connectivity index (χ1n) is 8.45. The number of hydrogen-bond donors (Lipinski definition) is 0. The van der Waals surface area contributed by atoms with Gasteiger partial charge in [-0.2, -0.15) is 5.10 Å². The maximum Gasteiger partial charge on any atom is 0.151 e. The van der Waals surface area contributed by atoms with Gasteiger partial charge in [0.15, 0.2) is 5.82 Å². The molecule has 1 fully saturated rings. The van der Waals surface area contributed by atoms with Crippen LogP contribution in [-0.4, -0.2) is 9.78 Å². The molecule has 0 saturated heterocycles. The quantitative estimate of drug-likeness (QED) is 0.681. The Morgan fingerprint density at radius 1 is 1.17 bits per heavy atom. The van der Waals surface area contributed by atoms with Crippen LogP contribution in [0.1, 0.15) is 68.8 Å². The van der Waals surface area contributed by atoms with Crippen LogP contribution in [-0.2, 0) is 0 Å². The molecule has 124 valence electrons. The van der Waals surface area contributed by atoms with Crippen molar-refractivity contribution in [2.45, 2.75) is 51.9 Å². The highest BCUT2D eigenvalue weighted by Gasteiger charge is 2.42. The third kappa shape index (κ3) is 2.43. The lowest BCUT2D eigenvalue weighted by Gasteiger charge is -2.14. The Hall–Kier alpha value is -2.15. The minimum Gasteiger partial charge on any atom is -0.233 e. The zero-order chi connectivity index (χ0) is 17.1. The molecule has 0 aliphatic heterocycles. The second-order valence-corrected chi connectivity index (χ2v) is 7.86. The van der Waals surface area contributed by atoms with Gasteiger partial charge in [-0.05, 0) is 64.0 Å². The Balaban J connectivity index is 1.90. The molecule has 0 unspecified atom stereocenters. The SMILES string of the molecule is CC(C)(C)C#Cc1nn(-c2ccc(F)cc2F)c2c1[C@H]1CC[C@@H]2C1. The van der Waals surface area contributed by atoms with Gasteiger partial charge >= 0.3 is 0 Å². The molecule has 2 aromatic rings. The van der Waals surface area contributed by atoms with Gasteiger partial charge in [0.05, 0.1) is 5.69 Å². The molecule has 2 aliphatic rings. The van der Waals surface area contributed by atoms with E-state index in [1.807, 2.05) is 0 Å². The molecule has 1 saturated carbocycles. The van der Waals surface area contributed by atoms with Crippen LogP contribution in [0.15, 0.2) is 18.2 Å². The van der Waals surface area contributed by atoms with E-state index < -0.39 is 11.6 Å². The first-order chi connectivity index (χ1) is 11.3. The number of fused-ring (bicyclic) bond motifs is 5. The van der Waals surface area contributed by atoms with Crippen molar-refractivity contribution < 1.29 is 8.78 Å². The van der Waals surface area contributed by atoms with Crippen molar-refractivity contribution in [1.82, 2.24) is 9.78 Å². The highest BCUT2D eigenvalue weighted by Crippen LogP contribution is 2.54. The average molecular weight is 326 g/mol. The number of aromatic nitrogens is 2. The highest BCUT2D eigenvalue weighted by atomic mass is 19.1. The van der Waals surface area contributed by atoms with Crippen LogP contribution in [0, 0.1) is 28.9 Å². The Kier molecular flexibility index (Phi) is 3.32. The van der Waals surface area contributed by atoms with Gasteiger partial charge in [0, 0.05) is 23.0 Å². The van der Waals surface area contributed by atoms with Crippen molar-refractivity contribution in [3.63, 3.8) is 0 Å². The lowest BCUT2D eigenvalue weighted by molar-refractivity contribution is 0.566. The highest BCUT2D eigenvalue weighted by molar-refractivity contribution is 5.51. The number of halogens is 2. The zero-order valence-electron chi connectivity index (χ0n) is 14.2. The monoisotopic (exact) mass is 326 g/mol. The fraction of sp³-hybridized carbons (Fsp3) is 0.450. The molecule has 2 nitrogen and oxygen atoms in total.